The predicted octanol–water partition coefficient (Wildman–Crippen LogP) is 3.50. The summed E-state index contributed by atoms with van der Waals surface area (Å²) < 4.78 is 12.1. The van der Waals surface area contributed by atoms with E-state index in [-0.39, 0.29) is 0 Å². The van der Waals surface area contributed by atoms with Gasteiger partial charge >= 0.3 is 0 Å². The van der Waals surface area contributed by atoms with Gasteiger partial charge in [-0.2, -0.15) is 4.99 Å². The van der Waals surface area contributed by atoms with Gasteiger partial charge in [0.1, 0.15) is 0 Å². The van der Waals surface area contributed by atoms with E-state index in [1.807, 2.05) is 6.07 Å². The summed E-state index contributed by atoms with van der Waals surface area (Å²) in [5.74, 6) is 1.54. The molecule has 0 unspecified atom stereocenters. The molecule has 106 valence electrons. The van der Waals surface area contributed by atoms with Crippen LogP contribution in [0.1, 0.15) is 36.8 Å². The monoisotopic (exact) mass is 337 g/mol. The Labute approximate surface area is 126 Å². The van der Waals surface area contributed by atoms with Gasteiger partial charge in [-0.05, 0) is 40.4 Å². The maximum atomic E-state index is 10.9. The van der Waals surface area contributed by atoms with E-state index in [9.17, 15) is 4.79 Å². The third-order valence-electron chi connectivity index (χ3n) is 4.28. The van der Waals surface area contributed by atoms with Crippen molar-refractivity contribution in [2.24, 2.45) is 4.99 Å². The van der Waals surface area contributed by atoms with Crippen molar-refractivity contribution in [1.82, 2.24) is 0 Å². The van der Waals surface area contributed by atoms with Crippen LogP contribution in [-0.2, 0) is 16.8 Å². The molecule has 0 N–H and O–H groups in total. The van der Waals surface area contributed by atoms with Crippen molar-refractivity contribution >= 4 is 22.0 Å². The first kappa shape index (κ1) is 13.7. The van der Waals surface area contributed by atoms with E-state index >= 15 is 0 Å². The summed E-state index contributed by atoms with van der Waals surface area (Å²) in [6.07, 6.45) is 6.52. The fourth-order valence-electron chi connectivity index (χ4n) is 3.29. The molecule has 1 aliphatic heterocycles. The summed E-state index contributed by atoms with van der Waals surface area (Å²) in [4.78, 5) is 15.0. The molecule has 0 amide bonds. The number of aliphatic imine (C=N–C) groups is 1. The molecule has 1 fully saturated rings. The number of hydrogen-bond acceptors (Lipinski definition) is 4. The Bertz CT molecular complexity index is 587. The van der Waals surface area contributed by atoms with Crippen LogP contribution in [0, 0.1) is 0 Å². The number of ether oxygens (including phenoxy) is 2. The highest BCUT2D eigenvalue weighted by molar-refractivity contribution is 9.10. The smallest absolute Gasteiger partial charge is 0.235 e. The Balaban J connectivity index is 2.21. The van der Waals surface area contributed by atoms with Gasteiger partial charge in [0, 0.05) is 16.5 Å². The number of methoxy groups -OCH3 is 1. The van der Waals surface area contributed by atoms with Gasteiger partial charge in [-0.1, -0.05) is 12.8 Å². The highest BCUT2D eigenvalue weighted by Gasteiger charge is 2.39. The molecule has 0 bridgehead atoms. The number of fused-ring (bicyclic) bond motifs is 1. The lowest BCUT2D eigenvalue weighted by Crippen LogP contribution is -2.20. The van der Waals surface area contributed by atoms with Crippen LogP contribution in [0.5, 0.6) is 11.5 Å². The van der Waals surface area contributed by atoms with Crippen LogP contribution >= 0.6 is 15.9 Å². The molecule has 1 aromatic rings. The minimum Gasteiger partial charge on any atom is -0.493 e. The van der Waals surface area contributed by atoms with E-state index in [0.717, 1.165) is 59.2 Å². The molecule has 5 heteroatoms. The van der Waals surface area contributed by atoms with Crippen molar-refractivity contribution in [2.45, 2.75) is 37.6 Å². The SMILES string of the molecule is COc1cc(C2(N=C=O)CCCC2)c(Br)c2c1OCC2. The summed E-state index contributed by atoms with van der Waals surface area (Å²) in [5, 5.41) is 0. The Morgan fingerprint density at radius 3 is 2.85 bits per heavy atom. The zero-order valence-corrected chi connectivity index (χ0v) is 13.0. The van der Waals surface area contributed by atoms with Crippen molar-refractivity contribution in [2.75, 3.05) is 13.7 Å². The topological polar surface area (TPSA) is 47.9 Å². The van der Waals surface area contributed by atoms with Crippen LogP contribution in [0.15, 0.2) is 15.5 Å². The second kappa shape index (κ2) is 5.23. The van der Waals surface area contributed by atoms with Crippen LogP contribution in [0.2, 0.25) is 0 Å². The first-order valence-electron chi connectivity index (χ1n) is 6.83. The Morgan fingerprint density at radius 2 is 2.20 bits per heavy atom. The van der Waals surface area contributed by atoms with Gasteiger partial charge in [0.2, 0.25) is 6.08 Å². The van der Waals surface area contributed by atoms with Gasteiger partial charge < -0.3 is 9.47 Å². The number of hydrogen-bond donors (Lipinski definition) is 0. The number of carbonyl (C=O) groups excluding carboxylic acids is 1. The van der Waals surface area contributed by atoms with Crippen molar-refractivity contribution in [3.8, 4) is 11.5 Å². The first-order valence-corrected chi connectivity index (χ1v) is 7.63. The van der Waals surface area contributed by atoms with E-state index in [1.54, 1.807) is 13.2 Å². The van der Waals surface area contributed by atoms with Crippen LogP contribution < -0.4 is 9.47 Å². The van der Waals surface area contributed by atoms with E-state index in [1.165, 1.54) is 0 Å². The third kappa shape index (κ3) is 1.97. The van der Waals surface area contributed by atoms with Crippen molar-refractivity contribution < 1.29 is 14.3 Å². The molecule has 0 radical (unpaired) electrons. The average molecular weight is 338 g/mol. The number of benzene rings is 1. The van der Waals surface area contributed by atoms with Crippen molar-refractivity contribution in [3.63, 3.8) is 0 Å². The summed E-state index contributed by atoms with van der Waals surface area (Å²) >= 11 is 3.69. The Kier molecular flexibility index (Phi) is 3.57. The number of isocyanates is 1. The zero-order chi connectivity index (χ0) is 14.2. The second-order valence-corrected chi connectivity index (χ2v) is 6.08. The lowest BCUT2D eigenvalue weighted by molar-refractivity contribution is 0.325. The van der Waals surface area contributed by atoms with Crippen LogP contribution in [0.25, 0.3) is 0 Å². The predicted molar refractivity (Wildman–Crippen MR) is 78.2 cm³/mol. The second-order valence-electron chi connectivity index (χ2n) is 5.29. The van der Waals surface area contributed by atoms with Gasteiger partial charge in [0.25, 0.3) is 0 Å². The summed E-state index contributed by atoms with van der Waals surface area (Å²) in [6, 6.07) is 1.96. The third-order valence-corrected chi connectivity index (χ3v) is 5.19. The van der Waals surface area contributed by atoms with Gasteiger partial charge in [-0.25, -0.2) is 4.79 Å². The quantitative estimate of drug-likeness (QED) is 0.626. The molecule has 0 aromatic heterocycles. The standard InChI is InChI=1S/C15H16BrNO3/c1-19-12-8-11(13(16)10-4-7-20-14(10)12)15(17-9-18)5-2-3-6-15/h8H,2-7H2,1H3. The minimum atomic E-state index is -0.453. The fourth-order valence-corrected chi connectivity index (χ4v) is 4.15. The fraction of sp³-hybridized carbons (Fsp3) is 0.533. The van der Waals surface area contributed by atoms with E-state index in [4.69, 9.17) is 9.47 Å². The largest absolute Gasteiger partial charge is 0.493 e. The zero-order valence-electron chi connectivity index (χ0n) is 11.4. The van der Waals surface area contributed by atoms with Gasteiger partial charge in [-0.15, -0.1) is 0 Å². The molecular weight excluding hydrogens is 322 g/mol. The molecule has 1 aromatic carbocycles. The maximum absolute atomic E-state index is 10.9. The maximum Gasteiger partial charge on any atom is 0.235 e. The first-order chi connectivity index (χ1) is 9.72. The summed E-state index contributed by atoms with van der Waals surface area (Å²) in [5.41, 5.74) is 1.69. The molecular formula is C15H16BrNO3. The van der Waals surface area contributed by atoms with Crippen molar-refractivity contribution in [1.29, 1.82) is 0 Å². The van der Waals surface area contributed by atoms with E-state index in [2.05, 4.69) is 20.9 Å². The molecule has 3 rings (SSSR count). The van der Waals surface area contributed by atoms with Gasteiger partial charge in [0.05, 0.1) is 19.3 Å². The highest BCUT2D eigenvalue weighted by atomic mass is 79.9. The normalized spacial score (nSPS) is 19.1. The number of rotatable bonds is 3. The Hall–Kier alpha value is -1.32. The lowest BCUT2D eigenvalue weighted by Gasteiger charge is -2.26. The molecule has 0 atom stereocenters. The van der Waals surface area contributed by atoms with Crippen LogP contribution in [0.4, 0.5) is 0 Å². The van der Waals surface area contributed by atoms with Gasteiger partial charge in [-0.3, -0.25) is 0 Å². The molecule has 20 heavy (non-hydrogen) atoms. The minimum absolute atomic E-state index is 0.453. The molecule has 2 aliphatic rings. The van der Waals surface area contributed by atoms with Crippen LogP contribution in [-0.4, -0.2) is 19.8 Å². The van der Waals surface area contributed by atoms with E-state index in [0.29, 0.717) is 6.61 Å². The molecule has 1 saturated carbocycles. The van der Waals surface area contributed by atoms with E-state index < -0.39 is 5.54 Å². The average Bonchev–Trinajstić information content (AvgIpc) is 3.09. The van der Waals surface area contributed by atoms with Crippen LogP contribution in [0.3, 0.4) is 0 Å². The molecule has 1 aliphatic carbocycles. The Morgan fingerprint density at radius 1 is 1.45 bits per heavy atom. The number of halogens is 1. The van der Waals surface area contributed by atoms with Crippen molar-refractivity contribution in [3.05, 3.63) is 21.7 Å². The van der Waals surface area contributed by atoms with Gasteiger partial charge in [0.15, 0.2) is 11.5 Å². The molecule has 0 spiro atoms. The molecule has 4 nitrogen and oxygen atoms in total. The number of nitrogens with zero attached hydrogens (tertiary/aromatic N) is 1. The highest BCUT2D eigenvalue weighted by Crippen LogP contribution is 2.50. The summed E-state index contributed by atoms with van der Waals surface area (Å²) in [7, 11) is 1.64. The molecule has 0 saturated heterocycles. The molecule has 1 heterocycles. The summed E-state index contributed by atoms with van der Waals surface area (Å²) in [6.45, 7) is 0.664. The lowest BCUT2D eigenvalue weighted by atomic mass is 9.87.